The van der Waals surface area contributed by atoms with Gasteiger partial charge in [0.1, 0.15) is 0 Å². The number of alkyl halides is 3. The van der Waals surface area contributed by atoms with E-state index >= 15 is 0 Å². The van der Waals surface area contributed by atoms with Gasteiger partial charge in [-0.1, -0.05) is 11.8 Å². The van der Waals surface area contributed by atoms with Crippen molar-refractivity contribution in [2.75, 3.05) is 6.26 Å². The van der Waals surface area contributed by atoms with Gasteiger partial charge in [-0.3, -0.25) is 9.36 Å². The number of fused-ring (bicyclic) bond motifs is 1. The highest BCUT2D eigenvalue weighted by Gasteiger charge is 2.49. The van der Waals surface area contributed by atoms with Crippen LogP contribution in [0.5, 0.6) is 5.88 Å². The zero-order valence-electron chi connectivity index (χ0n) is 12.0. The highest BCUT2D eigenvalue weighted by atomic mass is 32.2. The second kappa shape index (κ2) is 5.67. The van der Waals surface area contributed by atoms with Crippen LogP contribution in [0.15, 0.2) is 16.0 Å². The fourth-order valence-electron chi connectivity index (χ4n) is 1.75. The molecule has 0 bridgehead atoms. The van der Waals surface area contributed by atoms with Gasteiger partial charge in [0.25, 0.3) is 5.56 Å². The van der Waals surface area contributed by atoms with Crippen molar-refractivity contribution in [2.45, 2.75) is 17.6 Å². The SMILES string of the molecule is CSc1nc(OS(=O)(=O)C(F)(F)F)c2cc(C)c(=O)n(C)c2n1. The summed E-state index contributed by atoms with van der Waals surface area (Å²) in [6.07, 6.45) is 1.54. The van der Waals surface area contributed by atoms with Gasteiger partial charge in [0.15, 0.2) is 10.8 Å². The van der Waals surface area contributed by atoms with Crippen LogP contribution >= 0.6 is 11.8 Å². The Bertz CT molecular complexity index is 938. The molecule has 0 saturated heterocycles. The minimum absolute atomic E-state index is 0.0349. The summed E-state index contributed by atoms with van der Waals surface area (Å²) < 4.78 is 65.2. The number of nitrogens with zero attached hydrogens (tertiary/aromatic N) is 3. The van der Waals surface area contributed by atoms with Crippen LogP contribution in [0.1, 0.15) is 5.56 Å². The van der Waals surface area contributed by atoms with E-state index in [0.29, 0.717) is 0 Å². The van der Waals surface area contributed by atoms with Gasteiger partial charge < -0.3 is 4.18 Å². The lowest BCUT2D eigenvalue weighted by Gasteiger charge is -2.13. The molecule has 0 saturated carbocycles. The Morgan fingerprint density at radius 3 is 2.43 bits per heavy atom. The normalized spacial score (nSPS) is 12.6. The second-order valence-corrected chi connectivity index (χ2v) is 6.74. The summed E-state index contributed by atoms with van der Waals surface area (Å²) in [6.45, 7) is 1.42. The first-order chi connectivity index (χ1) is 10.5. The van der Waals surface area contributed by atoms with Crippen molar-refractivity contribution in [3.05, 3.63) is 22.0 Å². The van der Waals surface area contributed by atoms with Gasteiger partial charge in [-0.05, 0) is 19.2 Å². The van der Waals surface area contributed by atoms with Crippen molar-refractivity contribution in [1.29, 1.82) is 0 Å². The van der Waals surface area contributed by atoms with E-state index in [-0.39, 0.29) is 21.8 Å². The topological polar surface area (TPSA) is 91.1 Å². The zero-order chi connectivity index (χ0) is 17.6. The lowest BCUT2D eigenvalue weighted by Crippen LogP contribution is -2.29. The van der Waals surface area contributed by atoms with Crippen molar-refractivity contribution < 1.29 is 25.8 Å². The van der Waals surface area contributed by atoms with E-state index < -0.39 is 27.1 Å². The molecule has 0 N–H and O–H groups in total. The van der Waals surface area contributed by atoms with Crippen molar-refractivity contribution in [3.8, 4) is 5.88 Å². The molecule has 0 atom stereocenters. The third-order valence-electron chi connectivity index (χ3n) is 2.85. The Kier molecular flexibility index (Phi) is 4.32. The van der Waals surface area contributed by atoms with E-state index in [1.54, 1.807) is 0 Å². The molecule has 0 radical (unpaired) electrons. The number of hydrogen-bond acceptors (Lipinski definition) is 7. The summed E-state index contributed by atoms with van der Waals surface area (Å²) in [4.78, 5) is 19.6. The van der Waals surface area contributed by atoms with E-state index in [1.807, 2.05) is 0 Å². The number of halogens is 3. The number of thioether (sulfide) groups is 1. The molecule has 0 fully saturated rings. The van der Waals surface area contributed by atoms with E-state index in [4.69, 9.17) is 0 Å². The van der Waals surface area contributed by atoms with Gasteiger partial charge in [0, 0.05) is 12.6 Å². The molecule has 0 unspecified atom stereocenters. The third kappa shape index (κ3) is 3.13. The minimum atomic E-state index is -5.89. The van der Waals surface area contributed by atoms with Crippen molar-refractivity contribution in [2.24, 2.45) is 7.05 Å². The van der Waals surface area contributed by atoms with Crippen LogP contribution < -0.4 is 9.74 Å². The number of aromatic nitrogens is 3. The molecule has 2 rings (SSSR count). The van der Waals surface area contributed by atoms with Crippen molar-refractivity contribution in [1.82, 2.24) is 14.5 Å². The van der Waals surface area contributed by atoms with Gasteiger partial charge >= 0.3 is 15.6 Å². The highest BCUT2D eigenvalue weighted by molar-refractivity contribution is 7.98. The zero-order valence-corrected chi connectivity index (χ0v) is 13.6. The van der Waals surface area contributed by atoms with Gasteiger partial charge in [-0.2, -0.15) is 26.6 Å². The molecular weight excluding hydrogens is 359 g/mol. The molecule has 7 nitrogen and oxygen atoms in total. The van der Waals surface area contributed by atoms with Crippen LogP contribution in [-0.2, 0) is 17.2 Å². The molecule has 2 aromatic rings. The summed E-state index contributed by atoms with van der Waals surface area (Å²) in [7, 11) is -4.53. The summed E-state index contributed by atoms with van der Waals surface area (Å²) in [5, 5.41) is -0.154. The predicted octanol–water partition coefficient (Wildman–Crippen LogP) is 1.59. The van der Waals surface area contributed by atoms with Gasteiger partial charge in [0.2, 0.25) is 5.88 Å². The average molecular weight is 369 g/mol. The van der Waals surface area contributed by atoms with Crippen molar-refractivity contribution in [3.63, 3.8) is 0 Å². The van der Waals surface area contributed by atoms with Crippen LogP contribution in [0.3, 0.4) is 0 Å². The molecule has 12 heteroatoms. The molecule has 0 aliphatic rings. The minimum Gasteiger partial charge on any atom is -0.354 e. The molecule has 2 heterocycles. The molecule has 0 aromatic carbocycles. The van der Waals surface area contributed by atoms with E-state index in [0.717, 1.165) is 16.3 Å². The molecular formula is C11H10F3N3O4S2. The fraction of sp³-hybridized carbons (Fsp3) is 0.364. The second-order valence-electron chi connectivity index (χ2n) is 4.43. The summed E-state index contributed by atoms with van der Waals surface area (Å²) >= 11 is 0.956. The lowest BCUT2D eigenvalue weighted by atomic mass is 10.2. The lowest BCUT2D eigenvalue weighted by molar-refractivity contribution is -0.0501. The first-order valence-electron chi connectivity index (χ1n) is 5.91. The maximum Gasteiger partial charge on any atom is 0.534 e. The van der Waals surface area contributed by atoms with E-state index in [9.17, 15) is 26.4 Å². The standard InChI is InChI=1S/C11H10F3N3O4S2/c1-5-4-6-7(17(2)9(5)18)15-10(22-3)16-8(6)21-23(19,20)11(12,13)14/h4H,1-3H3. The number of hydrogen-bond donors (Lipinski definition) is 0. The van der Waals surface area contributed by atoms with Crippen LogP contribution in [0.25, 0.3) is 11.0 Å². The van der Waals surface area contributed by atoms with Crippen LogP contribution in [0.2, 0.25) is 0 Å². The van der Waals surface area contributed by atoms with Crippen molar-refractivity contribution >= 4 is 32.9 Å². The molecule has 0 aliphatic carbocycles. The molecule has 0 spiro atoms. The Balaban J connectivity index is 2.80. The first-order valence-corrected chi connectivity index (χ1v) is 8.54. The molecule has 2 aromatic heterocycles. The first kappa shape index (κ1) is 17.5. The van der Waals surface area contributed by atoms with E-state index in [1.165, 1.54) is 26.3 Å². The summed E-state index contributed by atoms with van der Waals surface area (Å²) in [5.74, 6) is -0.782. The Labute approximate surface area is 132 Å². The predicted molar refractivity (Wildman–Crippen MR) is 76.9 cm³/mol. The van der Waals surface area contributed by atoms with Gasteiger partial charge in [0.05, 0.1) is 5.39 Å². The van der Waals surface area contributed by atoms with E-state index in [2.05, 4.69) is 14.2 Å². The molecule has 23 heavy (non-hydrogen) atoms. The monoisotopic (exact) mass is 369 g/mol. The third-order valence-corrected chi connectivity index (χ3v) is 4.34. The Morgan fingerprint density at radius 1 is 1.30 bits per heavy atom. The Morgan fingerprint density at radius 2 is 1.91 bits per heavy atom. The number of aryl methyl sites for hydroxylation is 2. The Hall–Kier alpha value is -1.82. The average Bonchev–Trinajstić information content (AvgIpc) is 2.44. The molecule has 126 valence electrons. The quantitative estimate of drug-likeness (QED) is 0.351. The highest BCUT2D eigenvalue weighted by Crippen LogP contribution is 2.31. The van der Waals surface area contributed by atoms with Gasteiger partial charge in [-0.25, -0.2) is 4.98 Å². The van der Waals surface area contributed by atoms with Crippen LogP contribution in [0, 0.1) is 6.92 Å². The number of pyridine rings is 1. The van der Waals surface area contributed by atoms with Crippen LogP contribution in [0.4, 0.5) is 13.2 Å². The fourth-order valence-corrected chi connectivity index (χ4v) is 2.53. The maximum atomic E-state index is 12.5. The van der Waals surface area contributed by atoms with Gasteiger partial charge in [-0.15, -0.1) is 0 Å². The summed E-state index contributed by atoms with van der Waals surface area (Å²) in [5.41, 5.74) is -5.88. The number of rotatable bonds is 3. The summed E-state index contributed by atoms with van der Waals surface area (Å²) in [6, 6.07) is 1.18. The molecule has 0 aliphatic heterocycles. The smallest absolute Gasteiger partial charge is 0.354 e. The molecule has 0 amide bonds. The maximum absolute atomic E-state index is 12.5. The largest absolute Gasteiger partial charge is 0.534 e. The van der Waals surface area contributed by atoms with Crippen LogP contribution in [-0.4, -0.2) is 34.7 Å².